The molecule has 0 N–H and O–H groups in total. The fourth-order valence-corrected chi connectivity index (χ4v) is 2.42. The van der Waals surface area contributed by atoms with Gasteiger partial charge in [-0.25, -0.2) is 0 Å². The van der Waals surface area contributed by atoms with Crippen LogP contribution >= 0.6 is 0 Å². The van der Waals surface area contributed by atoms with Crippen molar-refractivity contribution in [1.29, 1.82) is 0 Å². The van der Waals surface area contributed by atoms with Crippen LogP contribution in [0.25, 0.3) is 0 Å². The number of Topliss-reactive ketones (excluding diaryl/α,β-unsaturated/α-hetero) is 1. The molecule has 0 saturated heterocycles. The summed E-state index contributed by atoms with van der Waals surface area (Å²) in [5.74, 6) is 1.91. The van der Waals surface area contributed by atoms with Crippen LogP contribution in [0, 0.1) is 0 Å². The minimum absolute atomic E-state index is 0.403. The van der Waals surface area contributed by atoms with Gasteiger partial charge in [-0.2, -0.15) is 0 Å². The van der Waals surface area contributed by atoms with Crippen LogP contribution < -0.4 is 4.74 Å². The average molecular weight is 232 g/mol. The molecule has 0 bridgehead atoms. The summed E-state index contributed by atoms with van der Waals surface area (Å²) >= 11 is 0. The number of carbonyl (C=O) groups excluding carboxylic acids is 1. The van der Waals surface area contributed by atoms with Gasteiger partial charge in [-0.15, -0.1) is 0 Å². The minimum Gasteiger partial charge on any atom is -0.493 e. The predicted octanol–water partition coefficient (Wildman–Crippen LogP) is 3.70. The van der Waals surface area contributed by atoms with Crippen molar-refractivity contribution in [3.8, 4) is 5.75 Å². The van der Waals surface area contributed by atoms with E-state index in [1.807, 2.05) is 12.1 Å². The highest BCUT2D eigenvalue weighted by Gasteiger charge is 2.22. The lowest BCUT2D eigenvalue weighted by Gasteiger charge is -2.07. The van der Waals surface area contributed by atoms with Gasteiger partial charge in [-0.1, -0.05) is 25.1 Å². The van der Waals surface area contributed by atoms with Gasteiger partial charge in [0.05, 0.1) is 6.61 Å². The van der Waals surface area contributed by atoms with Crippen molar-refractivity contribution in [2.24, 2.45) is 0 Å². The monoisotopic (exact) mass is 232 g/mol. The van der Waals surface area contributed by atoms with Crippen LogP contribution in [-0.2, 0) is 4.79 Å². The predicted molar refractivity (Wildman–Crippen MR) is 68.4 cm³/mol. The molecule has 1 aliphatic heterocycles. The summed E-state index contributed by atoms with van der Waals surface area (Å²) in [7, 11) is 0. The lowest BCUT2D eigenvalue weighted by atomic mass is 9.94. The van der Waals surface area contributed by atoms with Crippen LogP contribution in [-0.4, -0.2) is 12.4 Å². The van der Waals surface area contributed by atoms with Gasteiger partial charge in [0, 0.05) is 24.3 Å². The molecule has 0 radical (unpaired) electrons. The molecule has 1 unspecified atom stereocenters. The number of ether oxygens (including phenoxy) is 1. The zero-order valence-corrected chi connectivity index (χ0v) is 10.4. The third kappa shape index (κ3) is 3.09. The molecule has 1 aromatic rings. The molecule has 0 amide bonds. The first-order valence-electron chi connectivity index (χ1n) is 6.54. The number of benzene rings is 1. The van der Waals surface area contributed by atoms with Crippen molar-refractivity contribution < 1.29 is 9.53 Å². The van der Waals surface area contributed by atoms with Crippen molar-refractivity contribution in [1.82, 2.24) is 0 Å². The van der Waals surface area contributed by atoms with Crippen molar-refractivity contribution >= 4 is 5.78 Å². The Morgan fingerprint density at radius 2 is 2.18 bits per heavy atom. The van der Waals surface area contributed by atoms with Crippen LogP contribution in [0.15, 0.2) is 24.3 Å². The number of ketones is 1. The molecule has 17 heavy (non-hydrogen) atoms. The van der Waals surface area contributed by atoms with Gasteiger partial charge in [-0.3, -0.25) is 4.79 Å². The van der Waals surface area contributed by atoms with Gasteiger partial charge in [0.25, 0.3) is 0 Å². The Morgan fingerprint density at radius 3 is 3.00 bits per heavy atom. The molecule has 1 aromatic carbocycles. The molecule has 1 atom stereocenters. The van der Waals surface area contributed by atoms with Crippen molar-refractivity contribution in [3.05, 3.63) is 29.8 Å². The first kappa shape index (κ1) is 12.2. The summed E-state index contributed by atoms with van der Waals surface area (Å²) in [6, 6.07) is 8.23. The van der Waals surface area contributed by atoms with E-state index in [1.54, 1.807) is 0 Å². The van der Waals surface area contributed by atoms with Gasteiger partial charge >= 0.3 is 0 Å². The van der Waals surface area contributed by atoms with Gasteiger partial charge in [0.1, 0.15) is 11.5 Å². The maximum absolute atomic E-state index is 11.4. The van der Waals surface area contributed by atoms with Crippen LogP contribution in [0.5, 0.6) is 5.75 Å². The van der Waals surface area contributed by atoms with E-state index in [0.717, 1.165) is 44.5 Å². The Balaban J connectivity index is 1.80. The SMILES string of the molecule is CCCC(=O)CCCC1COc2ccccc21. The molecule has 2 rings (SSSR count). The second-order valence-corrected chi connectivity index (χ2v) is 4.73. The van der Waals surface area contributed by atoms with Crippen molar-refractivity contribution in [2.75, 3.05) is 6.61 Å². The van der Waals surface area contributed by atoms with E-state index in [1.165, 1.54) is 5.56 Å². The standard InChI is InChI=1S/C15H20O2/c1-2-6-13(16)8-5-7-12-11-17-15-10-4-3-9-14(12)15/h3-4,9-10,12H,2,5-8,11H2,1H3. The molecule has 2 heteroatoms. The van der Waals surface area contributed by atoms with E-state index in [-0.39, 0.29) is 0 Å². The Hall–Kier alpha value is -1.31. The topological polar surface area (TPSA) is 26.3 Å². The Labute approximate surface area is 103 Å². The number of hydrogen-bond acceptors (Lipinski definition) is 2. The molecular formula is C15H20O2. The van der Waals surface area contributed by atoms with Gasteiger partial charge in [0.15, 0.2) is 0 Å². The van der Waals surface area contributed by atoms with E-state index in [9.17, 15) is 4.79 Å². The Morgan fingerprint density at radius 1 is 1.35 bits per heavy atom. The Bertz CT molecular complexity index is 384. The molecule has 92 valence electrons. The quantitative estimate of drug-likeness (QED) is 0.747. The molecule has 0 aliphatic carbocycles. The van der Waals surface area contributed by atoms with E-state index in [0.29, 0.717) is 11.7 Å². The maximum atomic E-state index is 11.4. The third-order valence-electron chi connectivity index (χ3n) is 3.34. The molecule has 1 heterocycles. The number of rotatable bonds is 6. The van der Waals surface area contributed by atoms with E-state index in [2.05, 4.69) is 19.1 Å². The molecule has 1 aliphatic rings. The number of carbonyl (C=O) groups is 1. The van der Waals surface area contributed by atoms with E-state index >= 15 is 0 Å². The largest absolute Gasteiger partial charge is 0.493 e. The summed E-state index contributed by atoms with van der Waals surface area (Å²) in [5, 5.41) is 0. The third-order valence-corrected chi connectivity index (χ3v) is 3.34. The van der Waals surface area contributed by atoms with E-state index < -0.39 is 0 Å². The Kier molecular flexibility index (Phi) is 4.18. The summed E-state index contributed by atoms with van der Waals surface area (Å²) < 4.78 is 5.63. The summed E-state index contributed by atoms with van der Waals surface area (Å²) in [4.78, 5) is 11.4. The van der Waals surface area contributed by atoms with Gasteiger partial charge in [-0.05, 0) is 25.3 Å². The highest BCUT2D eigenvalue weighted by atomic mass is 16.5. The van der Waals surface area contributed by atoms with Crippen LogP contribution in [0.4, 0.5) is 0 Å². The maximum Gasteiger partial charge on any atom is 0.132 e. The summed E-state index contributed by atoms with van der Waals surface area (Å²) in [5.41, 5.74) is 1.32. The highest BCUT2D eigenvalue weighted by Crippen LogP contribution is 2.36. The number of fused-ring (bicyclic) bond motifs is 1. The summed E-state index contributed by atoms with van der Waals surface area (Å²) in [6.07, 6.45) is 4.48. The molecule has 0 aromatic heterocycles. The smallest absolute Gasteiger partial charge is 0.132 e. The lowest BCUT2D eigenvalue weighted by Crippen LogP contribution is -2.03. The molecule has 0 saturated carbocycles. The van der Waals surface area contributed by atoms with Crippen LogP contribution in [0.3, 0.4) is 0 Å². The van der Waals surface area contributed by atoms with Gasteiger partial charge < -0.3 is 4.74 Å². The minimum atomic E-state index is 0.403. The highest BCUT2D eigenvalue weighted by molar-refractivity contribution is 5.78. The number of para-hydroxylation sites is 1. The fourth-order valence-electron chi connectivity index (χ4n) is 2.42. The van der Waals surface area contributed by atoms with Crippen molar-refractivity contribution in [2.45, 2.75) is 44.9 Å². The molecule has 0 spiro atoms. The zero-order valence-electron chi connectivity index (χ0n) is 10.4. The van der Waals surface area contributed by atoms with Crippen LogP contribution in [0.2, 0.25) is 0 Å². The molecule has 0 fully saturated rings. The molecule has 2 nitrogen and oxygen atoms in total. The average Bonchev–Trinajstić information content (AvgIpc) is 2.73. The second-order valence-electron chi connectivity index (χ2n) is 4.73. The van der Waals surface area contributed by atoms with Crippen molar-refractivity contribution in [3.63, 3.8) is 0 Å². The fraction of sp³-hybridized carbons (Fsp3) is 0.533. The summed E-state index contributed by atoms with van der Waals surface area (Å²) in [6.45, 7) is 2.83. The van der Waals surface area contributed by atoms with Gasteiger partial charge in [0.2, 0.25) is 0 Å². The first-order valence-corrected chi connectivity index (χ1v) is 6.54. The lowest BCUT2D eigenvalue weighted by molar-refractivity contribution is -0.119. The zero-order chi connectivity index (χ0) is 12.1. The second kappa shape index (κ2) is 5.85. The normalized spacial score (nSPS) is 17.6. The van der Waals surface area contributed by atoms with E-state index in [4.69, 9.17) is 4.74 Å². The molecular weight excluding hydrogens is 212 g/mol. The number of hydrogen-bond donors (Lipinski definition) is 0. The first-order chi connectivity index (χ1) is 8.31. The van der Waals surface area contributed by atoms with Crippen LogP contribution in [0.1, 0.15) is 50.5 Å².